The molecule has 1 amide bonds. The fourth-order valence-corrected chi connectivity index (χ4v) is 3.91. The number of benzene rings is 3. The van der Waals surface area contributed by atoms with Crippen molar-refractivity contribution in [2.75, 3.05) is 5.32 Å². The summed E-state index contributed by atoms with van der Waals surface area (Å²) >= 11 is 1.81. The largest absolute Gasteiger partial charge is 0.436 e. The summed E-state index contributed by atoms with van der Waals surface area (Å²) in [5.74, 6) is 0.490. The van der Waals surface area contributed by atoms with Gasteiger partial charge in [0.2, 0.25) is 11.8 Å². The number of oxazole rings is 1. The lowest BCUT2D eigenvalue weighted by Gasteiger charge is -2.08. The van der Waals surface area contributed by atoms with Gasteiger partial charge in [-0.15, -0.1) is 11.8 Å². The van der Waals surface area contributed by atoms with Crippen molar-refractivity contribution in [3.05, 3.63) is 78.4 Å². The normalized spacial score (nSPS) is 11.1. The minimum atomic E-state index is -0.0519. The van der Waals surface area contributed by atoms with Gasteiger partial charge in [0.15, 0.2) is 5.58 Å². The van der Waals surface area contributed by atoms with Crippen molar-refractivity contribution >= 4 is 34.5 Å². The van der Waals surface area contributed by atoms with Gasteiger partial charge in [-0.25, -0.2) is 4.98 Å². The molecule has 4 aromatic rings. The van der Waals surface area contributed by atoms with Gasteiger partial charge in [-0.2, -0.15) is 0 Å². The smallest absolute Gasteiger partial charge is 0.228 e. The molecule has 5 heteroatoms. The number of rotatable bonds is 6. The molecule has 0 radical (unpaired) electrons. The molecule has 4 nitrogen and oxygen atoms in total. The van der Waals surface area contributed by atoms with E-state index in [4.69, 9.17) is 4.42 Å². The molecule has 0 spiro atoms. The van der Waals surface area contributed by atoms with Crippen molar-refractivity contribution in [2.45, 2.75) is 30.4 Å². The molecule has 0 bridgehead atoms. The molecule has 4 rings (SSSR count). The molecule has 1 N–H and O–H groups in total. The first-order valence-corrected chi connectivity index (χ1v) is 10.5. The number of nitrogens with one attached hydrogen (secondary N) is 1. The third-order valence-electron chi connectivity index (χ3n) is 4.35. The first kappa shape index (κ1) is 19.3. The molecule has 1 heterocycles. The fraction of sp³-hybridized carbons (Fsp3) is 0.167. The predicted molar refractivity (Wildman–Crippen MR) is 119 cm³/mol. The number of carbonyl (C=O) groups excluding carboxylic acids is 1. The summed E-state index contributed by atoms with van der Waals surface area (Å²) in [7, 11) is 0. The van der Waals surface area contributed by atoms with Crippen LogP contribution < -0.4 is 5.32 Å². The molecule has 0 aliphatic carbocycles. The van der Waals surface area contributed by atoms with Crippen LogP contribution in [-0.2, 0) is 11.2 Å². The lowest BCUT2D eigenvalue weighted by molar-refractivity contribution is -0.115. The van der Waals surface area contributed by atoms with Crippen LogP contribution in [0.3, 0.4) is 0 Å². The Labute approximate surface area is 174 Å². The third-order valence-corrected chi connectivity index (χ3v) is 5.36. The summed E-state index contributed by atoms with van der Waals surface area (Å²) in [5, 5.41) is 3.51. The molecule has 1 aromatic heterocycles. The van der Waals surface area contributed by atoms with Gasteiger partial charge in [0.1, 0.15) is 5.52 Å². The SMILES string of the molecule is CC(C)Sc1ccc(CC(=O)Nc2cccc(-c3nc4ccccc4o3)c2)cc1. The van der Waals surface area contributed by atoms with E-state index in [0.29, 0.717) is 17.6 Å². The number of amides is 1. The van der Waals surface area contributed by atoms with Crippen molar-refractivity contribution < 1.29 is 9.21 Å². The fourth-order valence-electron chi connectivity index (χ4n) is 3.07. The molecule has 0 aliphatic heterocycles. The van der Waals surface area contributed by atoms with Crippen molar-refractivity contribution in [3.63, 3.8) is 0 Å². The molecular formula is C24H22N2O2S. The summed E-state index contributed by atoms with van der Waals surface area (Å²) in [6.07, 6.45) is 0.333. The third kappa shape index (κ3) is 4.87. The maximum absolute atomic E-state index is 12.5. The monoisotopic (exact) mass is 402 g/mol. The van der Waals surface area contributed by atoms with Crippen LogP contribution in [0.25, 0.3) is 22.6 Å². The molecule has 0 saturated carbocycles. The molecule has 29 heavy (non-hydrogen) atoms. The molecule has 0 unspecified atom stereocenters. The van der Waals surface area contributed by atoms with E-state index in [9.17, 15) is 4.79 Å². The molecule has 0 fully saturated rings. The number of anilines is 1. The molecule has 0 saturated heterocycles. The highest BCUT2D eigenvalue weighted by molar-refractivity contribution is 7.99. The van der Waals surface area contributed by atoms with Crippen LogP contribution in [0.2, 0.25) is 0 Å². The first-order valence-electron chi connectivity index (χ1n) is 9.58. The highest BCUT2D eigenvalue weighted by Gasteiger charge is 2.10. The summed E-state index contributed by atoms with van der Waals surface area (Å²) < 4.78 is 5.82. The summed E-state index contributed by atoms with van der Waals surface area (Å²) in [6, 6.07) is 23.4. The zero-order valence-electron chi connectivity index (χ0n) is 16.4. The molecule has 3 aromatic carbocycles. The maximum atomic E-state index is 12.5. The average Bonchev–Trinajstić information content (AvgIpc) is 3.14. The second-order valence-electron chi connectivity index (χ2n) is 7.10. The Morgan fingerprint density at radius 1 is 1.03 bits per heavy atom. The Morgan fingerprint density at radius 3 is 2.59 bits per heavy atom. The van der Waals surface area contributed by atoms with Gasteiger partial charge >= 0.3 is 0 Å². The van der Waals surface area contributed by atoms with Crippen LogP contribution in [0, 0.1) is 0 Å². The van der Waals surface area contributed by atoms with Gasteiger partial charge in [-0.05, 0) is 48.0 Å². The van der Waals surface area contributed by atoms with Crippen LogP contribution >= 0.6 is 11.8 Å². The van der Waals surface area contributed by atoms with Gasteiger partial charge < -0.3 is 9.73 Å². The van der Waals surface area contributed by atoms with Crippen molar-refractivity contribution in [2.24, 2.45) is 0 Å². The topological polar surface area (TPSA) is 55.1 Å². The molecule has 0 atom stereocenters. The Balaban J connectivity index is 1.44. The van der Waals surface area contributed by atoms with Gasteiger partial charge in [0.25, 0.3) is 0 Å². The highest BCUT2D eigenvalue weighted by Crippen LogP contribution is 2.26. The van der Waals surface area contributed by atoms with Crippen LogP contribution in [0.15, 0.2) is 82.1 Å². The second kappa shape index (κ2) is 8.53. The summed E-state index contributed by atoms with van der Waals surface area (Å²) in [5.41, 5.74) is 4.11. The van der Waals surface area contributed by atoms with E-state index in [2.05, 4.69) is 36.3 Å². The number of hydrogen-bond acceptors (Lipinski definition) is 4. The van der Waals surface area contributed by atoms with Gasteiger partial charge in [0, 0.05) is 21.4 Å². The van der Waals surface area contributed by atoms with Crippen molar-refractivity contribution in [1.82, 2.24) is 4.98 Å². The highest BCUT2D eigenvalue weighted by atomic mass is 32.2. The second-order valence-corrected chi connectivity index (χ2v) is 8.75. The average molecular weight is 403 g/mol. The summed E-state index contributed by atoms with van der Waals surface area (Å²) in [4.78, 5) is 18.2. The van der Waals surface area contributed by atoms with E-state index in [-0.39, 0.29) is 5.91 Å². The van der Waals surface area contributed by atoms with Crippen molar-refractivity contribution in [1.29, 1.82) is 0 Å². The van der Waals surface area contributed by atoms with Crippen LogP contribution in [0.5, 0.6) is 0 Å². The number of carbonyl (C=O) groups is 1. The number of fused-ring (bicyclic) bond motifs is 1. The quantitative estimate of drug-likeness (QED) is 0.392. The van der Waals surface area contributed by atoms with E-state index in [1.165, 1.54) is 4.90 Å². The lowest BCUT2D eigenvalue weighted by Crippen LogP contribution is -2.14. The van der Waals surface area contributed by atoms with Gasteiger partial charge in [-0.3, -0.25) is 4.79 Å². The van der Waals surface area contributed by atoms with Crippen LogP contribution in [-0.4, -0.2) is 16.1 Å². The lowest BCUT2D eigenvalue weighted by atomic mass is 10.1. The van der Waals surface area contributed by atoms with Crippen molar-refractivity contribution in [3.8, 4) is 11.5 Å². The number of hydrogen-bond donors (Lipinski definition) is 1. The number of para-hydroxylation sites is 2. The van der Waals surface area contributed by atoms with E-state index >= 15 is 0 Å². The molecular weight excluding hydrogens is 380 g/mol. The summed E-state index contributed by atoms with van der Waals surface area (Å²) in [6.45, 7) is 4.34. The number of thioether (sulfide) groups is 1. The Kier molecular flexibility index (Phi) is 5.67. The standard InChI is InChI=1S/C24H22N2O2S/c1-16(2)29-20-12-10-17(11-13-20)14-23(27)25-19-7-5-6-18(15-19)24-26-21-8-3-4-9-22(21)28-24/h3-13,15-16H,14H2,1-2H3,(H,25,27). The van der Waals surface area contributed by atoms with E-state index in [0.717, 1.165) is 27.9 Å². The zero-order valence-corrected chi connectivity index (χ0v) is 17.2. The van der Waals surface area contributed by atoms with E-state index in [1.54, 1.807) is 0 Å². The van der Waals surface area contributed by atoms with Gasteiger partial charge in [-0.1, -0.05) is 44.2 Å². The Hall–Kier alpha value is -3.05. The zero-order chi connectivity index (χ0) is 20.2. The number of nitrogens with zero attached hydrogens (tertiary/aromatic N) is 1. The van der Waals surface area contributed by atoms with E-state index in [1.807, 2.05) is 72.4 Å². The predicted octanol–water partition coefficient (Wildman–Crippen LogP) is 6.18. The Bertz CT molecular complexity index is 1100. The molecule has 0 aliphatic rings. The minimum Gasteiger partial charge on any atom is -0.436 e. The first-order chi connectivity index (χ1) is 14.1. The minimum absolute atomic E-state index is 0.0519. The number of aromatic nitrogens is 1. The van der Waals surface area contributed by atoms with Crippen LogP contribution in [0.1, 0.15) is 19.4 Å². The molecule has 146 valence electrons. The Morgan fingerprint density at radius 2 is 1.83 bits per heavy atom. The van der Waals surface area contributed by atoms with Gasteiger partial charge in [0.05, 0.1) is 6.42 Å². The van der Waals surface area contributed by atoms with E-state index < -0.39 is 0 Å². The van der Waals surface area contributed by atoms with Crippen LogP contribution in [0.4, 0.5) is 5.69 Å². The maximum Gasteiger partial charge on any atom is 0.228 e.